The first-order valence-electron chi connectivity index (χ1n) is 5.86. The van der Waals surface area contributed by atoms with E-state index in [1.807, 2.05) is 0 Å². The molecule has 2 N–H and O–H groups in total. The number of hydrogen-bond acceptors (Lipinski definition) is 2. The number of nitrogens with one attached hydrogen (secondary N) is 2. The van der Waals surface area contributed by atoms with E-state index in [2.05, 4.69) is 56.3 Å². The van der Waals surface area contributed by atoms with E-state index in [1.54, 1.807) is 0 Å². The van der Waals surface area contributed by atoms with Gasteiger partial charge in [0.2, 0.25) is 0 Å². The molecular weight excluding hydrogens is 278 g/mol. The van der Waals surface area contributed by atoms with Gasteiger partial charge in [0.1, 0.15) is 5.82 Å². The molecule has 1 heterocycles. The summed E-state index contributed by atoms with van der Waals surface area (Å²) in [6.45, 7) is 3.88. The van der Waals surface area contributed by atoms with Crippen LogP contribution in [0, 0.1) is 0 Å². The summed E-state index contributed by atoms with van der Waals surface area (Å²) in [4.78, 5) is 8.08. The normalized spacial score (nSPS) is 12.6. The smallest absolute Gasteiger partial charge is 0.121 e. The average molecular weight is 292 g/mol. The highest BCUT2D eigenvalue weighted by Gasteiger charge is 2.23. The monoisotopic (exact) mass is 291 g/mol. The molecule has 4 heteroatoms. The van der Waals surface area contributed by atoms with Crippen LogP contribution >= 0.6 is 15.9 Å². The number of halogens is 1. The van der Waals surface area contributed by atoms with Gasteiger partial charge >= 0.3 is 0 Å². The summed E-state index contributed by atoms with van der Waals surface area (Å²) in [6, 6.07) is 6.30. The molecule has 0 bridgehead atoms. The van der Waals surface area contributed by atoms with E-state index in [0.717, 1.165) is 31.0 Å². The van der Waals surface area contributed by atoms with Crippen LogP contribution in [0.3, 0.4) is 0 Å². The van der Waals surface area contributed by atoms with Crippen molar-refractivity contribution in [2.75, 3.05) is 6.54 Å². The van der Waals surface area contributed by atoms with Crippen LogP contribution in [0.4, 0.5) is 0 Å². The number of H-pyrrole nitrogens is 1. The van der Waals surface area contributed by atoms with E-state index in [9.17, 15) is 0 Å². The van der Waals surface area contributed by atoms with Crippen LogP contribution in [0.2, 0.25) is 0 Å². The highest BCUT2D eigenvalue weighted by atomic mass is 79.9. The van der Waals surface area contributed by atoms with E-state index < -0.39 is 0 Å². The maximum atomic E-state index is 4.67. The third-order valence-corrected chi connectivity index (χ3v) is 3.84. The second-order valence-corrected chi connectivity index (χ2v) is 5.09. The van der Waals surface area contributed by atoms with Gasteiger partial charge in [0, 0.05) is 22.2 Å². The van der Waals surface area contributed by atoms with Gasteiger partial charge in [-0.05, 0) is 18.2 Å². The van der Waals surface area contributed by atoms with E-state index in [4.69, 9.17) is 0 Å². The molecule has 0 spiro atoms. The number of nitrogens with zero attached hydrogens (tertiary/aromatic N) is 1. The van der Waals surface area contributed by atoms with Crippen LogP contribution in [-0.2, 0) is 13.0 Å². The summed E-state index contributed by atoms with van der Waals surface area (Å²) in [5.74, 6) is 1.03. The van der Waals surface area contributed by atoms with Crippen LogP contribution in [-0.4, -0.2) is 16.5 Å². The molecule has 17 heavy (non-hydrogen) atoms. The Labute approximate surface area is 109 Å². The quantitative estimate of drug-likeness (QED) is 0.779. The fraction of sp³-hybridized carbons (Fsp3) is 0.308. The summed E-state index contributed by atoms with van der Waals surface area (Å²) >= 11 is 3.60. The molecular formula is C13H14BrN3. The zero-order valence-electron chi connectivity index (χ0n) is 9.68. The lowest BCUT2D eigenvalue weighted by Gasteiger charge is -2.02. The molecule has 1 aromatic carbocycles. The van der Waals surface area contributed by atoms with Gasteiger partial charge in [0.05, 0.1) is 12.2 Å². The second kappa shape index (κ2) is 4.27. The zero-order chi connectivity index (χ0) is 11.8. The molecule has 0 aliphatic heterocycles. The van der Waals surface area contributed by atoms with E-state index in [-0.39, 0.29) is 0 Å². The Morgan fingerprint density at radius 2 is 2.35 bits per heavy atom. The largest absolute Gasteiger partial charge is 0.344 e. The third kappa shape index (κ3) is 1.81. The number of fused-ring (bicyclic) bond motifs is 3. The number of imidazole rings is 1. The molecule has 1 aliphatic rings. The third-order valence-electron chi connectivity index (χ3n) is 3.10. The minimum atomic E-state index is 0.812. The molecule has 88 valence electrons. The molecule has 3 rings (SSSR count). The molecule has 0 amide bonds. The van der Waals surface area contributed by atoms with Crippen LogP contribution in [0.1, 0.15) is 24.0 Å². The first-order valence-corrected chi connectivity index (χ1v) is 6.65. The predicted molar refractivity (Wildman–Crippen MR) is 71.9 cm³/mol. The fourth-order valence-corrected chi connectivity index (χ4v) is 2.78. The van der Waals surface area contributed by atoms with Gasteiger partial charge in [-0.15, -0.1) is 0 Å². The second-order valence-electron chi connectivity index (χ2n) is 4.23. The lowest BCUT2D eigenvalue weighted by Crippen LogP contribution is -2.13. The molecule has 1 aromatic heterocycles. The van der Waals surface area contributed by atoms with Crippen molar-refractivity contribution in [1.82, 2.24) is 15.3 Å². The first-order chi connectivity index (χ1) is 8.29. The van der Waals surface area contributed by atoms with Gasteiger partial charge in [-0.2, -0.15) is 0 Å². The van der Waals surface area contributed by atoms with E-state index >= 15 is 0 Å². The van der Waals surface area contributed by atoms with Crippen molar-refractivity contribution in [3.63, 3.8) is 0 Å². The molecule has 0 atom stereocenters. The highest BCUT2D eigenvalue weighted by molar-refractivity contribution is 9.10. The Morgan fingerprint density at radius 1 is 1.47 bits per heavy atom. The summed E-state index contributed by atoms with van der Waals surface area (Å²) < 4.78 is 1.18. The lowest BCUT2D eigenvalue weighted by molar-refractivity contribution is 0.696. The van der Waals surface area contributed by atoms with Crippen molar-refractivity contribution in [1.29, 1.82) is 0 Å². The van der Waals surface area contributed by atoms with Crippen molar-refractivity contribution in [3.05, 3.63) is 39.8 Å². The minimum absolute atomic E-state index is 0.812. The van der Waals surface area contributed by atoms with Crippen LogP contribution in [0.5, 0.6) is 0 Å². The van der Waals surface area contributed by atoms with Crippen LogP contribution in [0.25, 0.3) is 11.3 Å². The number of rotatable bonds is 3. The van der Waals surface area contributed by atoms with Crippen molar-refractivity contribution in [2.24, 2.45) is 0 Å². The minimum Gasteiger partial charge on any atom is -0.344 e. The van der Waals surface area contributed by atoms with Crippen molar-refractivity contribution in [3.8, 4) is 11.3 Å². The van der Waals surface area contributed by atoms with E-state index in [1.165, 1.54) is 21.3 Å². The zero-order valence-corrected chi connectivity index (χ0v) is 11.3. The fourth-order valence-electron chi connectivity index (χ4n) is 2.28. The number of benzene rings is 1. The Morgan fingerprint density at radius 3 is 3.18 bits per heavy atom. The predicted octanol–water partition coefficient (Wildman–Crippen LogP) is 2.85. The molecule has 2 aromatic rings. The Bertz CT molecular complexity index is 560. The van der Waals surface area contributed by atoms with Crippen molar-refractivity contribution >= 4 is 15.9 Å². The Kier molecular flexibility index (Phi) is 2.76. The standard InChI is InChI=1S/C13H14BrN3/c1-2-15-7-12-16-11-6-9-8(13(11)17-12)4-3-5-10(9)14/h3-5,15H,2,6-7H2,1H3,(H,16,17). The molecule has 0 saturated heterocycles. The number of aromatic amines is 1. The number of hydrogen-bond donors (Lipinski definition) is 2. The SMILES string of the molecule is CCNCc1nc2c([nH]1)Cc1c(Br)cccc1-2. The Hall–Kier alpha value is -1.13. The topological polar surface area (TPSA) is 40.7 Å². The Balaban J connectivity index is 1.98. The average Bonchev–Trinajstić information content (AvgIpc) is 2.85. The molecule has 0 saturated carbocycles. The summed E-state index contributed by atoms with van der Waals surface area (Å²) in [6.07, 6.45) is 0.950. The molecule has 3 nitrogen and oxygen atoms in total. The van der Waals surface area contributed by atoms with E-state index in [0.29, 0.717) is 0 Å². The molecule has 0 radical (unpaired) electrons. The summed E-state index contributed by atoms with van der Waals surface area (Å²) in [7, 11) is 0. The highest BCUT2D eigenvalue weighted by Crippen LogP contribution is 2.38. The first kappa shape index (κ1) is 11.0. The maximum Gasteiger partial charge on any atom is 0.121 e. The summed E-state index contributed by atoms with van der Waals surface area (Å²) in [5, 5.41) is 3.29. The van der Waals surface area contributed by atoms with Crippen molar-refractivity contribution in [2.45, 2.75) is 19.9 Å². The summed E-state index contributed by atoms with van der Waals surface area (Å²) in [5.41, 5.74) is 4.96. The van der Waals surface area contributed by atoms with Crippen molar-refractivity contribution < 1.29 is 0 Å². The maximum absolute atomic E-state index is 4.67. The van der Waals surface area contributed by atoms with Gasteiger partial charge in [0.15, 0.2) is 0 Å². The molecule has 0 unspecified atom stereocenters. The number of aromatic nitrogens is 2. The van der Waals surface area contributed by atoms with Gasteiger partial charge in [0.25, 0.3) is 0 Å². The molecule has 0 fully saturated rings. The molecule has 1 aliphatic carbocycles. The van der Waals surface area contributed by atoms with Gasteiger partial charge in [-0.1, -0.05) is 35.0 Å². The van der Waals surface area contributed by atoms with Gasteiger partial charge < -0.3 is 10.3 Å². The van der Waals surface area contributed by atoms with Gasteiger partial charge in [-0.25, -0.2) is 4.98 Å². The lowest BCUT2D eigenvalue weighted by atomic mass is 10.1. The van der Waals surface area contributed by atoms with Gasteiger partial charge in [-0.3, -0.25) is 0 Å². The van der Waals surface area contributed by atoms with Crippen LogP contribution < -0.4 is 5.32 Å². The van der Waals surface area contributed by atoms with Crippen LogP contribution in [0.15, 0.2) is 22.7 Å².